The average Bonchev–Trinajstić information content (AvgIpc) is 2.77. The number of hydrogen-bond donors (Lipinski definition) is 1. The Morgan fingerprint density at radius 1 is 0.935 bits per heavy atom. The maximum atomic E-state index is 13.6. The lowest BCUT2D eigenvalue weighted by Crippen LogP contribution is -2.27. The van der Waals surface area contributed by atoms with Crippen LogP contribution in [0.5, 0.6) is 0 Å². The molecule has 0 radical (unpaired) electrons. The summed E-state index contributed by atoms with van der Waals surface area (Å²) < 4.78 is 40.8. The third-order valence-corrected chi connectivity index (χ3v) is 5.32. The lowest BCUT2D eigenvalue weighted by Gasteiger charge is -2.23. The number of rotatable bonds is 3. The van der Waals surface area contributed by atoms with Crippen molar-refractivity contribution in [2.24, 2.45) is 0 Å². The van der Waals surface area contributed by atoms with Crippen LogP contribution in [0.2, 0.25) is 5.02 Å². The molecule has 0 aliphatic carbocycles. The van der Waals surface area contributed by atoms with E-state index in [1.807, 2.05) is 30.3 Å². The zero-order valence-electron chi connectivity index (χ0n) is 16.4. The summed E-state index contributed by atoms with van der Waals surface area (Å²) in [6.45, 7) is 0. The fourth-order valence-electron chi connectivity index (χ4n) is 3.52. The highest BCUT2D eigenvalue weighted by Gasteiger charge is 2.34. The van der Waals surface area contributed by atoms with Crippen LogP contribution >= 0.6 is 11.6 Å². The second-order valence-electron chi connectivity index (χ2n) is 7.00. The molecule has 7 heteroatoms. The maximum absolute atomic E-state index is 13.6. The molecule has 0 bridgehead atoms. The smallest absolute Gasteiger partial charge is 0.329 e. The molecule has 0 fully saturated rings. The van der Waals surface area contributed by atoms with Crippen LogP contribution in [-0.4, -0.2) is 17.9 Å². The normalized spacial score (nSPS) is 11.5. The van der Waals surface area contributed by atoms with Crippen LogP contribution in [0.25, 0.3) is 22.0 Å². The monoisotopic (exact) mass is 439 g/mol. The molecule has 1 heterocycles. The maximum Gasteiger partial charge on any atom is 0.418 e. The second-order valence-corrected chi connectivity index (χ2v) is 7.43. The van der Waals surface area contributed by atoms with E-state index >= 15 is 0 Å². The highest BCUT2D eigenvalue weighted by Crippen LogP contribution is 2.38. The first-order valence-electron chi connectivity index (χ1n) is 9.40. The highest BCUT2D eigenvalue weighted by atomic mass is 35.5. The van der Waals surface area contributed by atoms with E-state index in [2.05, 4.69) is 4.98 Å². The Labute approximate surface area is 182 Å². The standard InChI is InChI=1S/C24H17ClF3N3/c1-31(17-12-10-16(25)11-13-17)23(29)19-14-30-22-18(8-5-9-20(22)24(26,27)28)21(19)15-6-3-2-4-7-15/h2-14,29H,1H3. The molecule has 4 aromatic rings. The molecule has 1 N–H and O–H groups in total. The van der Waals surface area contributed by atoms with E-state index in [1.54, 1.807) is 42.3 Å². The van der Waals surface area contributed by atoms with Gasteiger partial charge in [-0.15, -0.1) is 0 Å². The minimum atomic E-state index is -4.53. The van der Waals surface area contributed by atoms with Crippen LogP contribution in [0.4, 0.5) is 18.9 Å². The van der Waals surface area contributed by atoms with Crippen molar-refractivity contribution in [2.75, 3.05) is 11.9 Å². The Morgan fingerprint density at radius 3 is 2.26 bits per heavy atom. The van der Waals surface area contributed by atoms with Gasteiger partial charge in [0.2, 0.25) is 0 Å². The van der Waals surface area contributed by atoms with Gasteiger partial charge in [-0.3, -0.25) is 10.4 Å². The molecule has 0 saturated heterocycles. The third kappa shape index (κ3) is 3.99. The average molecular weight is 440 g/mol. The predicted octanol–water partition coefficient (Wildman–Crippen LogP) is 7.04. The van der Waals surface area contributed by atoms with Crippen molar-refractivity contribution in [3.63, 3.8) is 0 Å². The summed E-state index contributed by atoms with van der Waals surface area (Å²) in [4.78, 5) is 5.77. The first kappa shape index (κ1) is 20.9. The summed E-state index contributed by atoms with van der Waals surface area (Å²) in [5.74, 6) is 0.105. The summed E-state index contributed by atoms with van der Waals surface area (Å²) in [5.41, 5.74) is 1.44. The molecule has 31 heavy (non-hydrogen) atoms. The molecule has 3 nitrogen and oxygen atoms in total. The molecule has 0 aliphatic heterocycles. The number of nitrogens with zero attached hydrogens (tertiary/aromatic N) is 2. The Kier molecular flexibility index (Phi) is 5.41. The molecule has 3 aromatic carbocycles. The molecule has 0 amide bonds. The minimum Gasteiger partial charge on any atom is -0.329 e. The Bertz CT molecular complexity index is 1250. The van der Waals surface area contributed by atoms with Crippen molar-refractivity contribution < 1.29 is 13.2 Å². The van der Waals surface area contributed by atoms with E-state index < -0.39 is 11.7 Å². The molecule has 0 aliphatic rings. The highest BCUT2D eigenvalue weighted by molar-refractivity contribution is 6.30. The van der Waals surface area contributed by atoms with Crippen LogP contribution in [0.3, 0.4) is 0 Å². The topological polar surface area (TPSA) is 40.0 Å². The third-order valence-electron chi connectivity index (χ3n) is 5.07. The van der Waals surface area contributed by atoms with Crippen molar-refractivity contribution in [1.29, 1.82) is 5.41 Å². The number of alkyl halides is 3. The van der Waals surface area contributed by atoms with Gasteiger partial charge in [0.05, 0.1) is 11.1 Å². The first-order valence-corrected chi connectivity index (χ1v) is 9.77. The lowest BCUT2D eigenvalue weighted by molar-refractivity contribution is -0.136. The molecule has 156 valence electrons. The van der Waals surface area contributed by atoms with E-state index in [1.165, 1.54) is 12.3 Å². The molecule has 0 atom stereocenters. The van der Waals surface area contributed by atoms with E-state index in [-0.39, 0.29) is 11.4 Å². The number of nitrogens with one attached hydrogen (secondary N) is 1. The largest absolute Gasteiger partial charge is 0.418 e. The van der Waals surface area contributed by atoms with Gasteiger partial charge in [-0.1, -0.05) is 54.1 Å². The zero-order chi connectivity index (χ0) is 22.2. The van der Waals surface area contributed by atoms with Gasteiger partial charge < -0.3 is 4.90 Å². The number of amidine groups is 1. The summed E-state index contributed by atoms with van der Waals surface area (Å²) in [6.07, 6.45) is -3.19. The molecule has 0 spiro atoms. The van der Waals surface area contributed by atoms with Crippen LogP contribution in [0.15, 0.2) is 79.0 Å². The molecule has 4 rings (SSSR count). The van der Waals surface area contributed by atoms with Crippen molar-refractivity contribution in [2.45, 2.75) is 6.18 Å². The Morgan fingerprint density at radius 2 is 1.61 bits per heavy atom. The first-order chi connectivity index (χ1) is 14.8. The van der Waals surface area contributed by atoms with Crippen LogP contribution in [0.1, 0.15) is 11.1 Å². The van der Waals surface area contributed by atoms with E-state index in [0.717, 1.165) is 11.8 Å². The Hall–Kier alpha value is -3.38. The number of para-hydroxylation sites is 1. The molecular weight excluding hydrogens is 423 g/mol. The number of benzene rings is 3. The van der Waals surface area contributed by atoms with Gasteiger partial charge in [0.1, 0.15) is 5.84 Å². The molecule has 1 aromatic heterocycles. The van der Waals surface area contributed by atoms with Crippen molar-refractivity contribution >= 4 is 34.0 Å². The van der Waals surface area contributed by atoms with Gasteiger partial charge >= 0.3 is 6.18 Å². The lowest BCUT2D eigenvalue weighted by atomic mass is 9.94. The van der Waals surface area contributed by atoms with Gasteiger partial charge in [0.15, 0.2) is 0 Å². The summed E-state index contributed by atoms with van der Waals surface area (Å²) >= 11 is 5.96. The number of aromatic nitrogens is 1. The SMILES string of the molecule is CN(C(=N)c1cnc2c(C(F)(F)F)cccc2c1-c1ccccc1)c1ccc(Cl)cc1. The number of anilines is 1. The Balaban J connectivity index is 1.95. The number of fused-ring (bicyclic) bond motifs is 1. The second kappa shape index (κ2) is 8.04. The van der Waals surface area contributed by atoms with Gasteiger partial charge in [-0.2, -0.15) is 13.2 Å². The molecule has 0 saturated carbocycles. The number of pyridine rings is 1. The van der Waals surface area contributed by atoms with Crippen LogP contribution in [0, 0.1) is 5.41 Å². The molecule has 0 unspecified atom stereocenters. The van der Waals surface area contributed by atoms with E-state index in [4.69, 9.17) is 17.0 Å². The van der Waals surface area contributed by atoms with E-state index in [0.29, 0.717) is 27.1 Å². The van der Waals surface area contributed by atoms with Gasteiger partial charge in [0, 0.05) is 40.5 Å². The zero-order valence-corrected chi connectivity index (χ0v) is 17.2. The number of halogens is 4. The van der Waals surface area contributed by atoms with Gasteiger partial charge in [-0.25, -0.2) is 0 Å². The van der Waals surface area contributed by atoms with Crippen LogP contribution < -0.4 is 4.90 Å². The van der Waals surface area contributed by atoms with Crippen molar-refractivity contribution in [3.05, 3.63) is 95.1 Å². The van der Waals surface area contributed by atoms with E-state index in [9.17, 15) is 13.2 Å². The summed E-state index contributed by atoms with van der Waals surface area (Å²) in [6, 6.07) is 20.1. The summed E-state index contributed by atoms with van der Waals surface area (Å²) in [7, 11) is 1.72. The van der Waals surface area contributed by atoms with Gasteiger partial charge in [0.25, 0.3) is 0 Å². The number of hydrogen-bond acceptors (Lipinski definition) is 2. The molecular formula is C24H17ClF3N3. The summed E-state index contributed by atoms with van der Waals surface area (Å²) in [5, 5.41) is 9.71. The van der Waals surface area contributed by atoms with Gasteiger partial charge in [-0.05, 0) is 35.9 Å². The predicted molar refractivity (Wildman–Crippen MR) is 119 cm³/mol. The fraction of sp³-hybridized carbons (Fsp3) is 0.0833. The fourth-order valence-corrected chi connectivity index (χ4v) is 3.65. The van der Waals surface area contributed by atoms with Crippen LogP contribution in [-0.2, 0) is 6.18 Å². The quantitative estimate of drug-likeness (QED) is 0.275. The van der Waals surface area contributed by atoms with Crippen molar-refractivity contribution in [1.82, 2.24) is 4.98 Å². The minimum absolute atomic E-state index is 0.105. The van der Waals surface area contributed by atoms with Crippen molar-refractivity contribution in [3.8, 4) is 11.1 Å².